The number of benzene rings is 1. The van der Waals surface area contributed by atoms with Crippen LogP contribution in [0.1, 0.15) is 0 Å². The van der Waals surface area contributed by atoms with Crippen molar-refractivity contribution < 1.29 is 15.9 Å². The van der Waals surface area contributed by atoms with Gasteiger partial charge in [-0.2, -0.15) is 0 Å². The molecule has 0 fully saturated rings. The molecule has 1 rings (SSSR count). The van der Waals surface area contributed by atoms with Crippen LogP contribution in [0, 0.1) is 10.1 Å². The Morgan fingerprint density at radius 2 is 2.15 bits per heavy atom. The number of nitrogens with two attached hydrogens (primary N) is 1. The highest BCUT2D eigenvalue weighted by Gasteiger charge is 2.05. The summed E-state index contributed by atoms with van der Waals surface area (Å²) in [6.45, 7) is 0. The third-order valence-electron chi connectivity index (χ3n) is 1.26. The van der Waals surface area contributed by atoms with Crippen LogP contribution in [-0.2, 0) is 0 Å². The minimum Gasteiger partial charge on any atom is -0.410 e. The third kappa shape index (κ3) is 2.44. The predicted octanol–water partition coefficient (Wildman–Crippen LogP) is 1.05. The fraction of sp³-hybridized carbons (Fsp3) is 0. The maximum atomic E-state index is 10.5. The molecule has 0 bridgehead atoms. The van der Waals surface area contributed by atoms with Gasteiger partial charge in [0.15, 0.2) is 1.41 Å². The lowest BCUT2D eigenvalue weighted by molar-refractivity contribution is -0.384. The quantitative estimate of drug-likeness (QED) is 0.547. The van der Waals surface area contributed by atoms with E-state index in [1.807, 2.05) is 0 Å². The van der Waals surface area contributed by atoms with Gasteiger partial charge in [0.2, 0.25) is 0 Å². The van der Waals surface area contributed by atoms with Gasteiger partial charge in [-0.15, -0.1) is 0 Å². The summed E-state index contributed by atoms with van der Waals surface area (Å²) >= 11 is 0. The molecule has 0 spiro atoms. The summed E-state index contributed by atoms with van der Waals surface area (Å²) in [7, 11) is 0. The average Bonchev–Trinajstić information content (AvgIpc) is 2.18. The first-order chi connectivity index (χ1) is 6.63. The highest BCUT2D eigenvalue weighted by Crippen LogP contribution is 2.16. The smallest absolute Gasteiger partial charge is 0.409 e. The van der Waals surface area contributed by atoms with Gasteiger partial charge in [0.25, 0.3) is 5.69 Å². The Balaban J connectivity index is 2.73. The molecule has 0 heterocycles. The SMILES string of the molecule is [2H]NC(=O)Oc1ccc([N+](=O)[O-])cc1. The number of hydrogen-bond acceptors (Lipinski definition) is 4. The van der Waals surface area contributed by atoms with Crippen LogP contribution in [0.25, 0.3) is 0 Å². The van der Waals surface area contributed by atoms with Crippen LogP contribution < -0.4 is 10.5 Å². The average molecular weight is 183 g/mol. The molecular weight excluding hydrogens is 176 g/mol. The van der Waals surface area contributed by atoms with Crippen molar-refractivity contribution >= 4 is 11.8 Å². The molecule has 1 aromatic carbocycles. The molecule has 68 valence electrons. The zero-order valence-electron chi connectivity index (χ0n) is 7.39. The highest BCUT2D eigenvalue weighted by atomic mass is 16.6. The molecule has 0 saturated heterocycles. The van der Waals surface area contributed by atoms with E-state index in [0.717, 1.165) is 0 Å². The second-order valence-corrected chi connectivity index (χ2v) is 2.14. The van der Waals surface area contributed by atoms with Gasteiger partial charge in [0.05, 0.1) is 4.92 Å². The Labute approximate surface area is 74.5 Å². The number of nitro groups is 1. The van der Waals surface area contributed by atoms with E-state index in [9.17, 15) is 14.9 Å². The van der Waals surface area contributed by atoms with Gasteiger partial charge in [-0.1, -0.05) is 0 Å². The number of hydrogen-bond donors (Lipinski definition) is 1. The molecule has 6 heteroatoms. The van der Waals surface area contributed by atoms with Crippen molar-refractivity contribution in [3.05, 3.63) is 34.4 Å². The van der Waals surface area contributed by atoms with Crippen molar-refractivity contribution in [1.29, 1.82) is 0 Å². The summed E-state index contributed by atoms with van der Waals surface area (Å²) in [5.74, 6) is 0.139. The van der Waals surface area contributed by atoms with Gasteiger partial charge in [0.1, 0.15) is 5.75 Å². The summed E-state index contributed by atoms with van der Waals surface area (Å²) in [5, 5.41) is 10.2. The largest absolute Gasteiger partial charge is 0.410 e. The molecule has 13 heavy (non-hydrogen) atoms. The fourth-order valence-electron chi connectivity index (χ4n) is 0.743. The number of amides is 1. The molecule has 0 unspecified atom stereocenters. The van der Waals surface area contributed by atoms with Crippen LogP contribution in [0.4, 0.5) is 10.5 Å². The third-order valence-corrected chi connectivity index (χ3v) is 1.26. The van der Waals surface area contributed by atoms with Crippen molar-refractivity contribution in [3.63, 3.8) is 0 Å². The van der Waals surface area contributed by atoms with Gasteiger partial charge in [-0.3, -0.25) is 10.1 Å². The molecule has 0 aliphatic carbocycles. The lowest BCUT2D eigenvalue weighted by atomic mass is 10.3. The highest BCUT2D eigenvalue weighted by molar-refractivity contribution is 5.68. The molecule has 1 aromatic rings. The molecular formula is C7H6N2O4. The van der Waals surface area contributed by atoms with Crippen molar-refractivity contribution in [2.75, 3.05) is 0 Å². The zero-order valence-corrected chi connectivity index (χ0v) is 6.39. The van der Waals surface area contributed by atoms with Crippen molar-refractivity contribution in [2.24, 2.45) is 5.73 Å². The van der Waals surface area contributed by atoms with Crippen LogP contribution in [0.3, 0.4) is 0 Å². The number of carbonyl (C=O) groups is 1. The number of carbonyl (C=O) groups excluding carboxylic acids is 1. The van der Waals surface area contributed by atoms with E-state index in [4.69, 9.17) is 1.41 Å². The Kier molecular flexibility index (Phi) is 2.04. The molecule has 1 amide bonds. The predicted molar refractivity (Wildman–Crippen MR) is 43.3 cm³/mol. The fourth-order valence-corrected chi connectivity index (χ4v) is 0.743. The first-order valence-electron chi connectivity index (χ1n) is 3.77. The van der Waals surface area contributed by atoms with E-state index in [1.165, 1.54) is 30.0 Å². The zero-order chi connectivity index (χ0) is 10.6. The van der Waals surface area contributed by atoms with Crippen LogP contribution >= 0.6 is 0 Å². The van der Waals surface area contributed by atoms with Crippen molar-refractivity contribution in [1.82, 2.24) is 0 Å². The van der Waals surface area contributed by atoms with Crippen LogP contribution in [-0.4, -0.2) is 11.0 Å². The van der Waals surface area contributed by atoms with E-state index in [-0.39, 0.29) is 11.4 Å². The molecule has 0 atom stereocenters. The minimum absolute atomic E-state index is 0.0939. The van der Waals surface area contributed by atoms with Gasteiger partial charge in [-0.25, -0.2) is 4.79 Å². The van der Waals surface area contributed by atoms with Crippen LogP contribution in [0.2, 0.25) is 1.41 Å². The minimum atomic E-state index is -0.946. The monoisotopic (exact) mass is 183 g/mol. The van der Waals surface area contributed by atoms with E-state index >= 15 is 0 Å². The number of nitrogens with zero attached hydrogens (tertiary/aromatic N) is 1. The second-order valence-electron chi connectivity index (χ2n) is 2.14. The summed E-state index contributed by atoms with van der Waals surface area (Å²) in [5.41, 5.74) is 1.41. The van der Waals surface area contributed by atoms with E-state index < -0.39 is 11.0 Å². The lowest BCUT2D eigenvalue weighted by Crippen LogP contribution is -2.16. The maximum Gasteiger partial charge on any atom is 0.409 e. The first kappa shape index (κ1) is 7.53. The van der Waals surface area contributed by atoms with E-state index in [0.29, 0.717) is 0 Å². The van der Waals surface area contributed by atoms with Gasteiger partial charge in [-0.05, 0) is 12.1 Å². The first-order valence-corrected chi connectivity index (χ1v) is 3.27. The number of rotatable bonds is 2. The molecule has 6 nitrogen and oxygen atoms in total. The van der Waals surface area contributed by atoms with Gasteiger partial charge in [0, 0.05) is 12.1 Å². The molecule has 0 saturated carbocycles. The number of ether oxygens (including phenoxy) is 1. The normalized spacial score (nSPS) is 10.0. The standard InChI is InChI=1S/C7H6N2O4/c8-7(10)13-6-3-1-5(2-4-6)9(11)12/h1-4H,(H2,8,10)/i/hD. The number of primary amides is 1. The second kappa shape index (κ2) is 3.53. The summed E-state index contributed by atoms with van der Waals surface area (Å²) in [4.78, 5) is 20.2. The van der Waals surface area contributed by atoms with Crippen molar-refractivity contribution in [2.45, 2.75) is 0 Å². The summed E-state index contributed by atoms with van der Waals surface area (Å²) < 4.78 is 11.0. The molecule has 2 N–H and O–H groups in total. The molecule has 0 aromatic heterocycles. The van der Waals surface area contributed by atoms with Crippen molar-refractivity contribution in [3.8, 4) is 5.75 Å². The Bertz CT molecular complexity index is 351. The molecule has 0 aliphatic heterocycles. The van der Waals surface area contributed by atoms with Gasteiger partial charge < -0.3 is 10.5 Å². The summed E-state index contributed by atoms with van der Waals surface area (Å²) in [6, 6.07) is 4.94. The van der Waals surface area contributed by atoms with Crippen LogP contribution in [0.15, 0.2) is 24.3 Å². The lowest BCUT2D eigenvalue weighted by Gasteiger charge is -1.98. The topological polar surface area (TPSA) is 95.5 Å². The maximum absolute atomic E-state index is 10.5. The Morgan fingerprint density at radius 3 is 2.62 bits per heavy atom. The summed E-state index contributed by atoms with van der Waals surface area (Å²) in [6.07, 6.45) is -0.946. The Hall–Kier alpha value is -2.11. The number of non-ortho nitro benzene ring substituents is 1. The van der Waals surface area contributed by atoms with Crippen LogP contribution in [0.5, 0.6) is 5.75 Å². The Morgan fingerprint density at radius 1 is 1.54 bits per heavy atom. The van der Waals surface area contributed by atoms with Gasteiger partial charge >= 0.3 is 6.09 Å². The molecule has 0 aliphatic rings. The van der Waals surface area contributed by atoms with E-state index in [1.54, 1.807) is 0 Å². The van der Waals surface area contributed by atoms with E-state index in [2.05, 4.69) is 4.74 Å². The number of nitro benzene ring substituents is 1. The molecule has 0 radical (unpaired) electrons.